The molecule has 0 atom stereocenters. The van der Waals surface area contributed by atoms with E-state index >= 15 is 0 Å². The minimum absolute atomic E-state index is 0.126. The molecule has 1 aromatic heterocycles. The lowest BCUT2D eigenvalue weighted by atomic mass is 10.3. The van der Waals surface area contributed by atoms with E-state index in [9.17, 15) is 9.59 Å². The van der Waals surface area contributed by atoms with E-state index in [2.05, 4.69) is 15.8 Å². The van der Waals surface area contributed by atoms with E-state index in [0.717, 1.165) is 0 Å². The van der Waals surface area contributed by atoms with Crippen molar-refractivity contribution in [3.63, 3.8) is 0 Å². The first kappa shape index (κ1) is 17.7. The van der Waals surface area contributed by atoms with Gasteiger partial charge in [0.2, 0.25) is 11.8 Å². The van der Waals surface area contributed by atoms with Crippen LogP contribution in [0.2, 0.25) is 10.0 Å². The maximum Gasteiger partial charge on any atom is 0.235 e. The molecule has 2 rings (SSSR count). The lowest BCUT2D eigenvalue weighted by Crippen LogP contribution is -2.18. The molecule has 23 heavy (non-hydrogen) atoms. The number of halogens is 2. The molecule has 0 bridgehead atoms. The highest BCUT2D eigenvalue weighted by molar-refractivity contribution is 8.00. The Hall–Kier alpha value is -1.70. The van der Waals surface area contributed by atoms with E-state index in [-0.39, 0.29) is 23.3 Å². The first-order valence-electron chi connectivity index (χ1n) is 6.50. The lowest BCUT2D eigenvalue weighted by Gasteiger charge is -2.06. The van der Waals surface area contributed by atoms with Gasteiger partial charge < -0.3 is 15.2 Å². The predicted molar refractivity (Wildman–Crippen MR) is 92.3 cm³/mol. The Balaban J connectivity index is 1.71. The third-order valence-corrected chi connectivity index (χ3v) is 4.24. The Morgan fingerprint density at radius 1 is 1.13 bits per heavy atom. The number of anilines is 2. The molecule has 0 aliphatic carbocycles. The standard InChI is InChI=1S/C14H13Cl2N3O3S/c1-8-4-12(19-22-8)18-14(21)7-23-6-13(20)17-9-2-3-10(15)11(16)5-9/h2-5H,6-7H2,1H3,(H,17,20)(H,18,19,21). The highest BCUT2D eigenvalue weighted by Crippen LogP contribution is 2.25. The lowest BCUT2D eigenvalue weighted by molar-refractivity contribution is -0.114. The number of nitrogens with one attached hydrogen (secondary N) is 2. The van der Waals surface area contributed by atoms with E-state index in [0.29, 0.717) is 27.3 Å². The maximum atomic E-state index is 11.8. The molecule has 1 heterocycles. The van der Waals surface area contributed by atoms with Crippen molar-refractivity contribution in [2.75, 3.05) is 22.1 Å². The summed E-state index contributed by atoms with van der Waals surface area (Å²) in [4.78, 5) is 23.5. The average Bonchev–Trinajstić information content (AvgIpc) is 2.88. The van der Waals surface area contributed by atoms with E-state index in [4.69, 9.17) is 27.7 Å². The topological polar surface area (TPSA) is 84.2 Å². The zero-order valence-corrected chi connectivity index (χ0v) is 14.4. The highest BCUT2D eigenvalue weighted by Gasteiger charge is 2.09. The summed E-state index contributed by atoms with van der Waals surface area (Å²) >= 11 is 12.8. The quantitative estimate of drug-likeness (QED) is 0.807. The Labute approximate surface area is 146 Å². The Kier molecular flexibility index (Phi) is 6.32. The van der Waals surface area contributed by atoms with Crippen molar-refractivity contribution in [3.8, 4) is 0 Å². The van der Waals surface area contributed by atoms with Gasteiger partial charge in [0.15, 0.2) is 5.82 Å². The van der Waals surface area contributed by atoms with Crippen molar-refractivity contribution < 1.29 is 14.1 Å². The fraction of sp³-hybridized carbons (Fsp3) is 0.214. The molecule has 0 fully saturated rings. The third kappa shape index (κ3) is 5.78. The number of carbonyl (C=O) groups excluding carboxylic acids is 2. The molecule has 0 aliphatic heterocycles. The molecule has 0 saturated carbocycles. The molecule has 0 unspecified atom stereocenters. The molecule has 9 heteroatoms. The minimum Gasteiger partial charge on any atom is -0.360 e. The number of amides is 2. The molecule has 1 aromatic carbocycles. The molecule has 6 nitrogen and oxygen atoms in total. The van der Waals surface area contributed by atoms with Crippen LogP contribution >= 0.6 is 35.0 Å². The monoisotopic (exact) mass is 373 g/mol. The second kappa shape index (κ2) is 8.24. The van der Waals surface area contributed by atoms with Gasteiger partial charge in [0.25, 0.3) is 0 Å². The summed E-state index contributed by atoms with van der Waals surface area (Å²) in [6.45, 7) is 1.73. The van der Waals surface area contributed by atoms with Crippen LogP contribution in [0.25, 0.3) is 0 Å². The Morgan fingerprint density at radius 2 is 1.83 bits per heavy atom. The van der Waals surface area contributed by atoms with Crippen molar-refractivity contribution in [3.05, 3.63) is 40.1 Å². The SMILES string of the molecule is Cc1cc(NC(=O)CSCC(=O)Nc2ccc(Cl)c(Cl)c2)no1. The van der Waals surface area contributed by atoms with E-state index in [1.807, 2.05) is 0 Å². The van der Waals surface area contributed by atoms with Crippen LogP contribution in [-0.4, -0.2) is 28.5 Å². The minimum atomic E-state index is -0.259. The number of benzene rings is 1. The molecule has 0 saturated heterocycles. The molecule has 2 amide bonds. The Bertz CT molecular complexity index is 721. The van der Waals surface area contributed by atoms with E-state index in [1.165, 1.54) is 11.8 Å². The molecular weight excluding hydrogens is 361 g/mol. The van der Waals surface area contributed by atoms with Gasteiger partial charge in [0.1, 0.15) is 5.76 Å². The zero-order chi connectivity index (χ0) is 16.8. The van der Waals surface area contributed by atoms with Gasteiger partial charge in [-0.05, 0) is 25.1 Å². The van der Waals surface area contributed by atoms with Crippen LogP contribution in [0.4, 0.5) is 11.5 Å². The maximum absolute atomic E-state index is 11.8. The second-order valence-corrected chi connectivity index (χ2v) is 6.34. The largest absolute Gasteiger partial charge is 0.360 e. The summed E-state index contributed by atoms with van der Waals surface area (Å²) in [6.07, 6.45) is 0. The number of hydrogen-bond donors (Lipinski definition) is 2. The van der Waals surface area contributed by atoms with Gasteiger partial charge >= 0.3 is 0 Å². The predicted octanol–water partition coefficient (Wildman–Crippen LogP) is 3.60. The molecule has 122 valence electrons. The van der Waals surface area contributed by atoms with Crippen LogP contribution in [0.15, 0.2) is 28.8 Å². The van der Waals surface area contributed by atoms with Crippen molar-refractivity contribution in [1.29, 1.82) is 0 Å². The molecule has 0 spiro atoms. The number of aromatic nitrogens is 1. The highest BCUT2D eigenvalue weighted by atomic mass is 35.5. The van der Waals surface area contributed by atoms with Crippen LogP contribution in [0.5, 0.6) is 0 Å². The second-order valence-electron chi connectivity index (χ2n) is 4.54. The number of thioether (sulfide) groups is 1. The zero-order valence-electron chi connectivity index (χ0n) is 12.1. The van der Waals surface area contributed by atoms with Crippen molar-refractivity contribution in [2.45, 2.75) is 6.92 Å². The first-order valence-corrected chi connectivity index (χ1v) is 8.41. The van der Waals surface area contributed by atoms with Gasteiger partial charge in [-0.15, -0.1) is 11.8 Å². The van der Waals surface area contributed by atoms with Gasteiger partial charge in [-0.1, -0.05) is 28.4 Å². The average molecular weight is 374 g/mol. The van der Waals surface area contributed by atoms with Gasteiger partial charge in [-0.3, -0.25) is 9.59 Å². The van der Waals surface area contributed by atoms with Crippen molar-refractivity contribution in [2.24, 2.45) is 0 Å². The smallest absolute Gasteiger partial charge is 0.235 e. The Morgan fingerprint density at radius 3 is 2.43 bits per heavy atom. The number of rotatable bonds is 6. The summed E-state index contributed by atoms with van der Waals surface area (Å²) in [7, 11) is 0. The van der Waals surface area contributed by atoms with Crippen LogP contribution in [0.1, 0.15) is 5.76 Å². The summed E-state index contributed by atoms with van der Waals surface area (Å²) in [6, 6.07) is 6.42. The molecular formula is C14H13Cl2N3O3S. The normalized spacial score (nSPS) is 10.4. The third-order valence-electron chi connectivity index (χ3n) is 2.57. The van der Waals surface area contributed by atoms with E-state index < -0.39 is 0 Å². The summed E-state index contributed by atoms with van der Waals surface area (Å²) in [5.41, 5.74) is 0.549. The van der Waals surface area contributed by atoms with Crippen molar-refractivity contribution >= 4 is 58.3 Å². The molecule has 0 aliphatic rings. The van der Waals surface area contributed by atoms with Crippen LogP contribution in [0, 0.1) is 6.92 Å². The van der Waals surface area contributed by atoms with Gasteiger partial charge in [0, 0.05) is 11.8 Å². The fourth-order valence-corrected chi connectivity index (χ4v) is 2.53. The molecule has 2 aromatic rings. The summed E-state index contributed by atoms with van der Waals surface area (Å²) in [5, 5.41) is 9.67. The first-order chi connectivity index (χ1) is 10.9. The number of hydrogen-bond acceptors (Lipinski definition) is 5. The van der Waals surface area contributed by atoms with Gasteiger partial charge in [0.05, 0.1) is 21.6 Å². The molecule has 0 radical (unpaired) electrons. The number of carbonyl (C=O) groups is 2. The molecule has 2 N–H and O–H groups in total. The van der Waals surface area contributed by atoms with Gasteiger partial charge in [-0.2, -0.15) is 0 Å². The van der Waals surface area contributed by atoms with Crippen molar-refractivity contribution in [1.82, 2.24) is 5.16 Å². The van der Waals surface area contributed by atoms with Crippen LogP contribution in [0.3, 0.4) is 0 Å². The number of nitrogens with zero attached hydrogens (tertiary/aromatic N) is 1. The fourth-order valence-electron chi connectivity index (χ4n) is 1.61. The number of aryl methyl sites for hydroxylation is 1. The van der Waals surface area contributed by atoms with Crippen LogP contribution < -0.4 is 10.6 Å². The van der Waals surface area contributed by atoms with Gasteiger partial charge in [-0.25, -0.2) is 0 Å². The van der Waals surface area contributed by atoms with Crippen LogP contribution in [-0.2, 0) is 9.59 Å². The summed E-state index contributed by atoms with van der Waals surface area (Å²) in [5.74, 6) is 0.720. The summed E-state index contributed by atoms with van der Waals surface area (Å²) < 4.78 is 4.84. The van der Waals surface area contributed by atoms with E-state index in [1.54, 1.807) is 31.2 Å².